The second kappa shape index (κ2) is 8.33. The summed E-state index contributed by atoms with van der Waals surface area (Å²) < 4.78 is 19.1. The fourth-order valence-electron chi connectivity index (χ4n) is 2.38. The molecule has 0 fully saturated rings. The zero-order valence-corrected chi connectivity index (χ0v) is 16.0. The molecule has 0 aliphatic rings. The van der Waals surface area contributed by atoms with Crippen molar-refractivity contribution in [1.29, 1.82) is 0 Å². The van der Waals surface area contributed by atoms with Crippen molar-refractivity contribution in [2.75, 3.05) is 16.0 Å². The van der Waals surface area contributed by atoms with Gasteiger partial charge in [-0.1, -0.05) is 23.2 Å². The van der Waals surface area contributed by atoms with Gasteiger partial charge in [0.05, 0.1) is 28.2 Å². The number of hydrogen-bond donors (Lipinski definition) is 3. The van der Waals surface area contributed by atoms with E-state index in [1.807, 2.05) is 0 Å². The molecular weight excluding hydrogens is 408 g/mol. The van der Waals surface area contributed by atoms with Crippen molar-refractivity contribution in [1.82, 2.24) is 0 Å². The van der Waals surface area contributed by atoms with Gasteiger partial charge in [0.1, 0.15) is 11.6 Å². The van der Waals surface area contributed by atoms with Gasteiger partial charge in [0.2, 0.25) is 0 Å². The molecule has 1 aromatic heterocycles. The van der Waals surface area contributed by atoms with Gasteiger partial charge in [0, 0.05) is 10.7 Å². The number of furan rings is 1. The van der Waals surface area contributed by atoms with E-state index in [0.29, 0.717) is 16.5 Å². The van der Waals surface area contributed by atoms with E-state index >= 15 is 0 Å². The number of carbonyl (C=O) groups is 2. The van der Waals surface area contributed by atoms with E-state index in [4.69, 9.17) is 27.6 Å². The molecule has 3 N–H and O–H groups in total. The van der Waals surface area contributed by atoms with Crippen LogP contribution in [0.4, 0.5) is 26.2 Å². The molecule has 0 atom stereocenters. The van der Waals surface area contributed by atoms with Crippen molar-refractivity contribution in [2.24, 2.45) is 0 Å². The monoisotopic (exact) mass is 421 g/mol. The predicted molar refractivity (Wildman–Crippen MR) is 107 cm³/mol. The number of nitrogens with one attached hydrogen (secondary N) is 3. The lowest BCUT2D eigenvalue weighted by Gasteiger charge is -2.11. The van der Waals surface area contributed by atoms with Crippen LogP contribution in [0.2, 0.25) is 10.0 Å². The van der Waals surface area contributed by atoms with Crippen LogP contribution in [0.5, 0.6) is 0 Å². The maximum absolute atomic E-state index is 14.1. The molecule has 144 valence electrons. The number of benzene rings is 2. The Morgan fingerprint density at radius 1 is 0.964 bits per heavy atom. The van der Waals surface area contributed by atoms with E-state index < -0.39 is 17.8 Å². The average Bonchev–Trinajstić information content (AvgIpc) is 3.06. The van der Waals surface area contributed by atoms with Gasteiger partial charge < -0.3 is 20.4 Å². The number of carbonyl (C=O) groups excluding carboxylic acids is 2. The number of hydrogen-bond acceptors (Lipinski definition) is 3. The first-order chi connectivity index (χ1) is 13.3. The summed E-state index contributed by atoms with van der Waals surface area (Å²) in [5.41, 5.74) is 0.818. The first-order valence-corrected chi connectivity index (χ1v) is 8.77. The van der Waals surface area contributed by atoms with E-state index in [0.717, 1.165) is 6.07 Å². The van der Waals surface area contributed by atoms with Crippen LogP contribution < -0.4 is 16.0 Å². The van der Waals surface area contributed by atoms with Gasteiger partial charge in [-0.3, -0.25) is 4.79 Å². The van der Waals surface area contributed by atoms with Crippen LogP contribution in [-0.2, 0) is 0 Å². The van der Waals surface area contributed by atoms with E-state index in [2.05, 4.69) is 16.0 Å². The van der Waals surface area contributed by atoms with Crippen LogP contribution >= 0.6 is 23.2 Å². The van der Waals surface area contributed by atoms with Crippen molar-refractivity contribution in [3.8, 4) is 0 Å². The van der Waals surface area contributed by atoms with Crippen molar-refractivity contribution < 1.29 is 18.4 Å². The van der Waals surface area contributed by atoms with Gasteiger partial charge >= 0.3 is 6.03 Å². The smallest absolute Gasteiger partial charge is 0.323 e. The third-order valence-corrected chi connectivity index (χ3v) is 4.30. The molecule has 0 unspecified atom stereocenters. The third kappa shape index (κ3) is 4.62. The Bertz CT molecular complexity index is 1050. The molecule has 2 aromatic carbocycles. The Hall–Kier alpha value is -3.03. The fraction of sp³-hybridized carbons (Fsp3) is 0.0526. The second-order valence-corrected chi connectivity index (χ2v) is 6.59. The highest BCUT2D eigenvalue weighted by Crippen LogP contribution is 2.26. The molecule has 0 aliphatic heterocycles. The summed E-state index contributed by atoms with van der Waals surface area (Å²) in [4.78, 5) is 24.4. The lowest BCUT2D eigenvalue weighted by Crippen LogP contribution is -2.20. The van der Waals surface area contributed by atoms with Crippen LogP contribution in [0, 0.1) is 12.7 Å². The standard InChI is InChI=1S/C19H14Cl2FN3O3/c1-10-13(6-7-28-10)18(26)24-17-9-12(3-4-15(17)22)23-19(27)25-16-5-2-11(20)8-14(16)21/h2-9H,1H3,(H,24,26)(H2,23,25,27). The highest BCUT2D eigenvalue weighted by Gasteiger charge is 2.15. The lowest BCUT2D eigenvalue weighted by atomic mass is 10.2. The molecule has 3 aromatic rings. The van der Waals surface area contributed by atoms with Gasteiger partial charge in [0.25, 0.3) is 5.91 Å². The molecule has 0 saturated heterocycles. The molecule has 0 saturated carbocycles. The van der Waals surface area contributed by atoms with Crippen LogP contribution in [0.1, 0.15) is 16.1 Å². The van der Waals surface area contributed by atoms with Gasteiger partial charge in [-0.25, -0.2) is 9.18 Å². The SMILES string of the molecule is Cc1occc1C(=O)Nc1cc(NC(=O)Nc2ccc(Cl)cc2Cl)ccc1F. The molecule has 28 heavy (non-hydrogen) atoms. The molecule has 3 rings (SSSR count). The molecule has 0 radical (unpaired) electrons. The second-order valence-electron chi connectivity index (χ2n) is 5.74. The lowest BCUT2D eigenvalue weighted by molar-refractivity contribution is 0.102. The first-order valence-electron chi connectivity index (χ1n) is 8.01. The summed E-state index contributed by atoms with van der Waals surface area (Å²) >= 11 is 11.8. The first kappa shape index (κ1) is 19.7. The summed E-state index contributed by atoms with van der Waals surface area (Å²) in [6.45, 7) is 1.62. The van der Waals surface area contributed by atoms with Crippen LogP contribution in [0.15, 0.2) is 53.1 Å². The van der Waals surface area contributed by atoms with Crippen molar-refractivity contribution >= 4 is 52.2 Å². The zero-order valence-electron chi connectivity index (χ0n) is 14.5. The normalized spacial score (nSPS) is 10.4. The summed E-state index contributed by atoms with van der Waals surface area (Å²) in [5.74, 6) is -0.771. The molecule has 6 nitrogen and oxygen atoms in total. The summed E-state index contributed by atoms with van der Waals surface area (Å²) in [6, 6.07) is 9.28. The minimum atomic E-state index is -0.652. The Morgan fingerprint density at radius 3 is 2.43 bits per heavy atom. The Kier molecular flexibility index (Phi) is 5.87. The molecule has 3 amide bonds. The van der Waals surface area contributed by atoms with E-state index in [9.17, 15) is 14.0 Å². The summed E-state index contributed by atoms with van der Waals surface area (Å²) in [7, 11) is 0. The highest BCUT2D eigenvalue weighted by atomic mass is 35.5. The fourth-order valence-corrected chi connectivity index (χ4v) is 2.84. The van der Waals surface area contributed by atoms with Gasteiger partial charge in [-0.05, 0) is 49.4 Å². The minimum Gasteiger partial charge on any atom is -0.469 e. The van der Waals surface area contributed by atoms with Crippen LogP contribution in [0.25, 0.3) is 0 Å². The van der Waals surface area contributed by atoms with E-state index in [-0.39, 0.29) is 22.0 Å². The minimum absolute atomic E-state index is 0.0899. The van der Waals surface area contributed by atoms with Crippen molar-refractivity contribution in [3.05, 3.63) is 75.9 Å². The molecular formula is C19H14Cl2FN3O3. The van der Waals surface area contributed by atoms with E-state index in [1.54, 1.807) is 19.1 Å². The van der Waals surface area contributed by atoms with Crippen LogP contribution in [-0.4, -0.2) is 11.9 Å². The maximum Gasteiger partial charge on any atom is 0.323 e. The van der Waals surface area contributed by atoms with Gasteiger partial charge in [-0.2, -0.15) is 0 Å². The van der Waals surface area contributed by atoms with Gasteiger partial charge in [0.15, 0.2) is 0 Å². The maximum atomic E-state index is 14.1. The molecule has 0 aliphatic carbocycles. The molecule has 0 spiro atoms. The largest absolute Gasteiger partial charge is 0.469 e. The number of rotatable bonds is 4. The highest BCUT2D eigenvalue weighted by molar-refractivity contribution is 6.36. The molecule has 0 bridgehead atoms. The summed E-state index contributed by atoms with van der Waals surface area (Å²) in [6.07, 6.45) is 1.37. The topological polar surface area (TPSA) is 83.4 Å². The predicted octanol–water partition coefficient (Wildman–Crippen LogP) is 5.93. The quantitative estimate of drug-likeness (QED) is 0.487. The summed E-state index contributed by atoms with van der Waals surface area (Å²) in [5, 5.41) is 8.25. The Labute approximate surface area is 169 Å². The number of aryl methyl sites for hydroxylation is 1. The Morgan fingerprint density at radius 2 is 1.75 bits per heavy atom. The van der Waals surface area contributed by atoms with Crippen molar-refractivity contribution in [3.63, 3.8) is 0 Å². The van der Waals surface area contributed by atoms with Crippen LogP contribution in [0.3, 0.4) is 0 Å². The van der Waals surface area contributed by atoms with E-state index in [1.165, 1.54) is 30.5 Å². The number of anilines is 3. The number of urea groups is 1. The average molecular weight is 422 g/mol. The number of amides is 3. The number of halogens is 3. The van der Waals surface area contributed by atoms with Crippen molar-refractivity contribution in [2.45, 2.75) is 6.92 Å². The Balaban J connectivity index is 1.71. The zero-order chi connectivity index (χ0) is 20.3. The van der Waals surface area contributed by atoms with Gasteiger partial charge in [-0.15, -0.1) is 0 Å². The third-order valence-electron chi connectivity index (χ3n) is 3.76. The molecule has 1 heterocycles. The molecule has 9 heteroatoms.